The van der Waals surface area contributed by atoms with Crippen molar-refractivity contribution in [2.24, 2.45) is 0 Å². The molecule has 1 aliphatic carbocycles. The van der Waals surface area contributed by atoms with Gasteiger partial charge in [0.1, 0.15) is 0 Å². The minimum atomic E-state index is -0.303. The number of fused-ring (bicyclic) bond motifs is 3. The lowest BCUT2D eigenvalue weighted by Crippen LogP contribution is -2.03. The summed E-state index contributed by atoms with van der Waals surface area (Å²) in [5, 5.41) is 11.4. The van der Waals surface area contributed by atoms with Crippen molar-refractivity contribution in [2.75, 3.05) is 0 Å². The summed E-state index contributed by atoms with van der Waals surface area (Å²) in [6, 6.07) is 24.1. The van der Waals surface area contributed by atoms with E-state index in [0.717, 1.165) is 27.8 Å². The van der Waals surface area contributed by atoms with E-state index in [-0.39, 0.29) is 16.5 Å². The van der Waals surface area contributed by atoms with E-state index in [1.165, 1.54) is 0 Å². The third-order valence-corrected chi connectivity index (χ3v) is 4.21. The molecule has 22 heavy (non-hydrogen) atoms. The highest BCUT2D eigenvalue weighted by atomic mass is 16.6. The van der Waals surface area contributed by atoms with Crippen molar-refractivity contribution in [2.45, 2.75) is 5.92 Å². The zero-order valence-electron chi connectivity index (χ0n) is 11.7. The van der Waals surface area contributed by atoms with Gasteiger partial charge in [-0.3, -0.25) is 10.1 Å². The number of nitro groups is 1. The van der Waals surface area contributed by atoms with Gasteiger partial charge in [-0.15, -0.1) is 0 Å². The smallest absolute Gasteiger partial charge is 0.258 e. The first kappa shape index (κ1) is 12.8. The maximum Gasteiger partial charge on any atom is 0.273 e. The molecule has 1 aliphatic rings. The minimum absolute atomic E-state index is 0.106. The molecule has 0 aromatic heterocycles. The van der Waals surface area contributed by atoms with Crippen molar-refractivity contribution in [1.29, 1.82) is 0 Å². The van der Waals surface area contributed by atoms with Crippen molar-refractivity contribution >= 4 is 5.69 Å². The van der Waals surface area contributed by atoms with Crippen molar-refractivity contribution < 1.29 is 4.92 Å². The molecule has 3 heteroatoms. The predicted octanol–water partition coefficient (Wildman–Crippen LogP) is 4.56. The van der Waals surface area contributed by atoms with Gasteiger partial charge < -0.3 is 0 Å². The Bertz CT molecular complexity index is 840. The van der Waals surface area contributed by atoms with E-state index in [2.05, 4.69) is 18.2 Å². The van der Waals surface area contributed by atoms with Gasteiger partial charge in [0.2, 0.25) is 0 Å². The number of hydrogen-bond acceptors (Lipinski definition) is 2. The zero-order chi connectivity index (χ0) is 15.1. The number of hydrogen-bond donors (Lipinski definition) is 0. The Balaban J connectivity index is 2.02. The second kappa shape index (κ2) is 4.81. The molecule has 1 radical (unpaired) electrons. The normalized spacial score (nSPS) is 12.7. The van der Waals surface area contributed by atoms with Gasteiger partial charge in [0.15, 0.2) is 0 Å². The molecule has 1 atom stereocenters. The Morgan fingerprint density at radius 3 is 2.36 bits per heavy atom. The molecule has 0 saturated heterocycles. The maximum atomic E-state index is 11.4. The first-order valence-electron chi connectivity index (χ1n) is 7.10. The van der Waals surface area contributed by atoms with Gasteiger partial charge in [-0.2, -0.15) is 0 Å². The van der Waals surface area contributed by atoms with Crippen molar-refractivity contribution in [3.63, 3.8) is 0 Å². The number of nitrogens with zero attached hydrogens (tertiary/aromatic N) is 1. The van der Waals surface area contributed by atoms with E-state index in [9.17, 15) is 10.1 Å². The lowest BCUT2D eigenvalue weighted by atomic mass is 9.88. The van der Waals surface area contributed by atoms with Gasteiger partial charge in [0.25, 0.3) is 5.69 Å². The molecular formula is C19H12NO2. The largest absolute Gasteiger partial charge is 0.273 e. The van der Waals surface area contributed by atoms with E-state index in [4.69, 9.17) is 0 Å². The molecule has 0 saturated carbocycles. The molecule has 3 aromatic carbocycles. The van der Waals surface area contributed by atoms with Gasteiger partial charge in [-0.1, -0.05) is 54.6 Å². The summed E-state index contributed by atoms with van der Waals surface area (Å²) >= 11 is 0. The second-order valence-corrected chi connectivity index (χ2v) is 5.35. The minimum Gasteiger partial charge on any atom is -0.258 e. The molecule has 0 amide bonds. The van der Waals surface area contributed by atoms with E-state index in [1.807, 2.05) is 42.5 Å². The fraction of sp³-hybridized carbons (Fsp3) is 0.0526. The Labute approximate surface area is 128 Å². The molecule has 0 bridgehead atoms. The van der Waals surface area contributed by atoms with Crippen LogP contribution in [0.15, 0.2) is 66.7 Å². The first-order valence-corrected chi connectivity index (χ1v) is 7.10. The average molecular weight is 286 g/mol. The average Bonchev–Trinajstić information content (AvgIpc) is 2.89. The van der Waals surface area contributed by atoms with Gasteiger partial charge in [0.05, 0.1) is 4.92 Å². The fourth-order valence-corrected chi connectivity index (χ4v) is 3.32. The highest BCUT2D eigenvalue weighted by molar-refractivity contribution is 5.81. The third-order valence-electron chi connectivity index (χ3n) is 4.21. The summed E-state index contributed by atoms with van der Waals surface area (Å²) in [6.45, 7) is 0. The lowest BCUT2D eigenvalue weighted by molar-refractivity contribution is -0.385. The number of benzene rings is 3. The predicted molar refractivity (Wildman–Crippen MR) is 84.8 cm³/mol. The fourth-order valence-electron chi connectivity index (χ4n) is 3.32. The van der Waals surface area contributed by atoms with Crippen LogP contribution in [0, 0.1) is 16.2 Å². The molecule has 0 aliphatic heterocycles. The van der Waals surface area contributed by atoms with E-state index < -0.39 is 0 Å². The molecule has 105 valence electrons. The number of para-hydroxylation sites is 1. The van der Waals surface area contributed by atoms with E-state index in [0.29, 0.717) is 0 Å². The summed E-state index contributed by atoms with van der Waals surface area (Å²) < 4.78 is 0. The van der Waals surface area contributed by atoms with Crippen LogP contribution in [0.25, 0.3) is 11.1 Å². The molecular weight excluding hydrogens is 274 g/mol. The molecule has 0 heterocycles. The summed E-state index contributed by atoms with van der Waals surface area (Å²) in [6.07, 6.45) is 0. The Morgan fingerprint density at radius 2 is 1.55 bits per heavy atom. The molecule has 1 unspecified atom stereocenters. The summed E-state index contributed by atoms with van der Waals surface area (Å²) in [7, 11) is 0. The van der Waals surface area contributed by atoms with Crippen LogP contribution in [0.4, 0.5) is 5.69 Å². The summed E-state index contributed by atoms with van der Waals surface area (Å²) in [4.78, 5) is 11.1. The zero-order valence-corrected chi connectivity index (χ0v) is 11.7. The van der Waals surface area contributed by atoms with Gasteiger partial charge >= 0.3 is 0 Å². The molecule has 0 fully saturated rings. The Kier molecular flexibility index (Phi) is 2.79. The maximum absolute atomic E-state index is 11.4. The topological polar surface area (TPSA) is 43.1 Å². The lowest BCUT2D eigenvalue weighted by Gasteiger charge is -2.14. The molecule has 0 N–H and O–H groups in total. The summed E-state index contributed by atoms with van der Waals surface area (Å²) in [5.74, 6) is -0.106. The Morgan fingerprint density at radius 1 is 0.864 bits per heavy atom. The van der Waals surface area contributed by atoms with Crippen molar-refractivity contribution in [3.05, 3.63) is 99.6 Å². The van der Waals surface area contributed by atoms with Crippen LogP contribution in [0.2, 0.25) is 0 Å². The highest BCUT2D eigenvalue weighted by Crippen LogP contribution is 2.49. The van der Waals surface area contributed by atoms with Gasteiger partial charge in [0, 0.05) is 17.5 Å². The second-order valence-electron chi connectivity index (χ2n) is 5.35. The van der Waals surface area contributed by atoms with Crippen LogP contribution in [-0.2, 0) is 0 Å². The van der Waals surface area contributed by atoms with Crippen molar-refractivity contribution in [3.8, 4) is 11.1 Å². The van der Waals surface area contributed by atoms with Crippen LogP contribution in [0.5, 0.6) is 0 Å². The molecule has 0 spiro atoms. The van der Waals surface area contributed by atoms with Crippen LogP contribution < -0.4 is 0 Å². The molecule has 3 aromatic rings. The number of rotatable bonds is 2. The van der Waals surface area contributed by atoms with E-state index >= 15 is 0 Å². The van der Waals surface area contributed by atoms with Crippen LogP contribution in [0.3, 0.4) is 0 Å². The molecule has 4 rings (SSSR count). The van der Waals surface area contributed by atoms with Gasteiger partial charge in [-0.05, 0) is 34.4 Å². The van der Waals surface area contributed by atoms with Crippen LogP contribution in [0.1, 0.15) is 22.6 Å². The number of nitro benzene ring substituents is 1. The van der Waals surface area contributed by atoms with Gasteiger partial charge in [-0.25, -0.2) is 0 Å². The quantitative estimate of drug-likeness (QED) is 0.400. The SMILES string of the molecule is O=[N+]([O-])c1ccccc1C1c2c[c]ccc2-c2ccccc21. The van der Waals surface area contributed by atoms with Crippen LogP contribution in [-0.4, -0.2) is 4.92 Å². The Hall–Kier alpha value is -2.94. The van der Waals surface area contributed by atoms with Crippen molar-refractivity contribution in [1.82, 2.24) is 0 Å². The highest BCUT2D eigenvalue weighted by Gasteiger charge is 2.33. The first-order chi connectivity index (χ1) is 10.8. The third kappa shape index (κ3) is 1.76. The molecule has 3 nitrogen and oxygen atoms in total. The standard InChI is InChI=1S/C19H12NO2/c21-20(22)18-12-6-5-11-17(18)19-15-9-3-1-7-13(15)14-8-2-4-10-16(14)19/h1-3,5-12,19H. The van der Waals surface area contributed by atoms with Crippen LogP contribution >= 0.6 is 0 Å². The summed E-state index contributed by atoms with van der Waals surface area (Å²) in [5.41, 5.74) is 5.38. The van der Waals surface area contributed by atoms with E-state index in [1.54, 1.807) is 12.1 Å². The monoisotopic (exact) mass is 286 g/mol.